The Morgan fingerprint density at radius 3 is 2.56 bits per heavy atom. The molecule has 0 amide bonds. The zero-order valence-corrected chi connectivity index (χ0v) is 20.4. The minimum absolute atomic E-state index is 0.156. The molecule has 0 radical (unpaired) electrons. The number of benzene rings is 2. The van der Waals surface area contributed by atoms with Crippen molar-refractivity contribution in [1.82, 2.24) is 9.78 Å². The lowest BCUT2D eigenvalue weighted by molar-refractivity contribution is 0.0600. The molecule has 1 aliphatic rings. The minimum atomic E-state index is -0.320. The molecule has 1 saturated carbocycles. The van der Waals surface area contributed by atoms with Gasteiger partial charge < -0.3 is 14.8 Å². The third-order valence-electron chi connectivity index (χ3n) is 6.64. The van der Waals surface area contributed by atoms with Gasteiger partial charge in [0.05, 0.1) is 36.7 Å². The van der Waals surface area contributed by atoms with Crippen LogP contribution in [0.4, 0.5) is 5.69 Å². The van der Waals surface area contributed by atoms with E-state index in [2.05, 4.69) is 24.5 Å². The lowest BCUT2D eigenvalue weighted by Crippen LogP contribution is -2.24. The van der Waals surface area contributed by atoms with E-state index in [1.54, 1.807) is 0 Å². The molecule has 1 N–H and O–H groups in total. The molecular formula is C28H35N3O3. The van der Waals surface area contributed by atoms with E-state index in [4.69, 9.17) is 14.6 Å². The maximum atomic E-state index is 11.8. The number of nitrogens with zero attached hydrogens (tertiary/aromatic N) is 2. The largest absolute Gasteiger partial charge is 0.494 e. The molecule has 6 nitrogen and oxygen atoms in total. The molecule has 0 saturated heterocycles. The van der Waals surface area contributed by atoms with Gasteiger partial charge in [-0.1, -0.05) is 32.3 Å². The fraction of sp³-hybridized carbons (Fsp3) is 0.429. The first kappa shape index (κ1) is 23.9. The predicted octanol–water partition coefficient (Wildman–Crippen LogP) is 6.35. The predicted molar refractivity (Wildman–Crippen MR) is 135 cm³/mol. The average molecular weight is 462 g/mol. The van der Waals surface area contributed by atoms with Crippen LogP contribution in [0.25, 0.3) is 5.69 Å². The topological polar surface area (TPSA) is 65.4 Å². The van der Waals surface area contributed by atoms with Crippen LogP contribution in [-0.4, -0.2) is 29.5 Å². The van der Waals surface area contributed by atoms with E-state index in [1.165, 1.54) is 44.8 Å². The van der Waals surface area contributed by atoms with Crippen molar-refractivity contribution in [2.75, 3.05) is 19.0 Å². The Morgan fingerprint density at radius 2 is 1.88 bits per heavy atom. The van der Waals surface area contributed by atoms with Crippen LogP contribution in [-0.2, 0) is 11.2 Å². The number of carbonyl (C=O) groups is 1. The summed E-state index contributed by atoms with van der Waals surface area (Å²) in [4.78, 5) is 11.8. The molecule has 1 unspecified atom stereocenters. The molecule has 0 bridgehead atoms. The van der Waals surface area contributed by atoms with Crippen LogP contribution in [0.2, 0.25) is 0 Å². The smallest absolute Gasteiger partial charge is 0.337 e. The fourth-order valence-corrected chi connectivity index (χ4v) is 4.89. The second-order valence-corrected chi connectivity index (χ2v) is 8.85. The molecular weight excluding hydrogens is 426 g/mol. The summed E-state index contributed by atoms with van der Waals surface area (Å²) in [6.45, 7) is 4.79. The number of methoxy groups -OCH3 is 1. The van der Waals surface area contributed by atoms with Gasteiger partial charge in [0.1, 0.15) is 5.75 Å². The third kappa shape index (κ3) is 5.44. The summed E-state index contributed by atoms with van der Waals surface area (Å²) in [6.07, 6.45) is 9.27. The van der Waals surface area contributed by atoms with Gasteiger partial charge in [-0.25, -0.2) is 9.48 Å². The highest BCUT2D eigenvalue weighted by Gasteiger charge is 2.28. The van der Waals surface area contributed by atoms with Crippen LogP contribution in [0, 0.1) is 5.92 Å². The van der Waals surface area contributed by atoms with Crippen molar-refractivity contribution in [3.8, 4) is 11.4 Å². The number of ether oxygens (including phenoxy) is 2. The zero-order chi connectivity index (χ0) is 23.9. The van der Waals surface area contributed by atoms with Crippen molar-refractivity contribution in [3.63, 3.8) is 0 Å². The molecule has 0 spiro atoms. The van der Waals surface area contributed by atoms with Crippen molar-refractivity contribution in [2.45, 2.75) is 58.4 Å². The fourth-order valence-electron chi connectivity index (χ4n) is 4.89. The van der Waals surface area contributed by atoms with E-state index >= 15 is 0 Å². The Balaban J connectivity index is 1.67. The number of nitrogens with one attached hydrogen (secondary N) is 1. The van der Waals surface area contributed by atoms with E-state index in [0.717, 1.165) is 29.2 Å². The molecule has 4 rings (SSSR count). The normalized spacial score (nSPS) is 15.0. The van der Waals surface area contributed by atoms with E-state index < -0.39 is 0 Å². The van der Waals surface area contributed by atoms with Gasteiger partial charge in [0, 0.05) is 23.5 Å². The van der Waals surface area contributed by atoms with Crippen LogP contribution in [0.3, 0.4) is 0 Å². The van der Waals surface area contributed by atoms with Crippen molar-refractivity contribution in [1.29, 1.82) is 0 Å². The number of anilines is 1. The monoisotopic (exact) mass is 461 g/mol. The van der Waals surface area contributed by atoms with E-state index in [0.29, 0.717) is 18.1 Å². The van der Waals surface area contributed by atoms with Gasteiger partial charge in [-0.2, -0.15) is 5.10 Å². The van der Waals surface area contributed by atoms with Gasteiger partial charge in [0.15, 0.2) is 0 Å². The number of hydrogen-bond donors (Lipinski definition) is 1. The molecule has 6 heteroatoms. The molecule has 180 valence electrons. The summed E-state index contributed by atoms with van der Waals surface area (Å²) >= 11 is 0. The highest BCUT2D eigenvalue weighted by atomic mass is 16.5. The first-order chi connectivity index (χ1) is 16.6. The molecule has 34 heavy (non-hydrogen) atoms. The standard InChI is InChI=1S/C28H35N3O3/c1-4-26-25(19-31(30-26)23-12-9-13-24(18-23)34-5-2)27(20-10-7-6-8-11-20)29-22-16-14-21(15-17-22)28(32)33-3/h9,12-20,27,29H,4-8,10-11H2,1-3H3. The molecule has 0 aliphatic heterocycles. The van der Waals surface area contributed by atoms with Gasteiger partial charge in [-0.15, -0.1) is 0 Å². The van der Waals surface area contributed by atoms with Crippen molar-refractivity contribution < 1.29 is 14.3 Å². The van der Waals surface area contributed by atoms with Crippen LogP contribution < -0.4 is 10.1 Å². The van der Waals surface area contributed by atoms with Gasteiger partial charge in [-0.3, -0.25) is 0 Å². The Bertz CT molecular complexity index is 1080. The molecule has 1 heterocycles. The second kappa shape index (κ2) is 11.2. The van der Waals surface area contributed by atoms with Crippen LogP contribution >= 0.6 is 0 Å². The summed E-state index contributed by atoms with van der Waals surface area (Å²) in [7, 11) is 1.40. The Kier molecular flexibility index (Phi) is 7.88. The summed E-state index contributed by atoms with van der Waals surface area (Å²) in [6, 6.07) is 15.8. The van der Waals surface area contributed by atoms with Crippen molar-refractivity contribution >= 4 is 11.7 Å². The van der Waals surface area contributed by atoms with Gasteiger partial charge in [0.25, 0.3) is 0 Å². The van der Waals surface area contributed by atoms with Crippen molar-refractivity contribution in [2.24, 2.45) is 5.92 Å². The Morgan fingerprint density at radius 1 is 1.12 bits per heavy atom. The number of aryl methyl sites for hydroxylation is 1. The Hall–Kier alpha value is -3.28. The molecule has 3 aromatic rings. The van der Waals surface area contributed by atoms with Crippen LogP contribution in [0.1, 0.15) is 73.6 Å². The summed E-state index contributed by atoms with van der Waals surface area (Å²) in [5.74, 6) is 1.06. The lowest BCUT2D eigenvalue weighted by Gasteiger charge is -2.32. The second-order valence-electron chi connectivity index (χ2n) is 8.85. The molecule has 1 aromatic heterocycles. The zero-order valence-electron chi connectivity index (χ0n) is 20.4. The van der Waals surface area contributed by atoms with Crippen LogP contribution in [0.15, 0.2) is 54.7 Å². The molecule has 1 fully saturated rings. The number of carbonyl (C=O) groups excluding carboxylic acids is 1. The summed E-state index contributed by atoms with van der Waals surface area (Å²) in [5.41, 5.74) is 4.90. The maximum Gasteiger partial charge on any atom is 0.337 e. The van der Waals surface area contributed by atoms with E-state index in [9.17, 15) is 4.79 Å². The van der Waals surface area contributed by atoms with Gasteiger partial charge in [0.2, 0.25) is 0 Å². The third-order valence-corrected chi connectivity index (χ3v) is 6.64. The minimum Gasteiger partial charge on any atom is -0.494 e. The summed E-state index contributed by atoms with van der Waals surface area (Å²) in [5, 5.41) is 8.76. The highest BCUT2D eigenvalue weighted by Crippen LogP contribution is 2.38. The quantitative estimate of drug-likeness (QED) is 0.376. The number of hydrogen-bond acceptors (Lipinski definition) is 5. The number of rotatable bonds is 9. The number of aromatic nitrogens is 2. The Labute approximate surface area is 202 Å². The first-order valence-electron chi connectivity index (χ1n) is 12.4. The SMILES string of the molecule is CCOc1cccc(-n2cc(C(Nc3ccc(C(=O)OC)cc3)C3CCCCC3)c(CC)n2)c1. The summed E-state index contributed by atoms with van der Waals surface area (Å²) < 4.78 is 12.5. The molecule has 2 aromatic carbocycles. The van der Waals surface area contributed by atoms with Gasteiger partial charge >= 0.3 is 5.97 Å². The van der Waals surface area contributed by atoms with Crippen LogP contribution in [0.5, 0.6) is 5.75 Å². The van der Waals surface area contributed by atoms with E-state index in [-0.39, 0.29) is 12.0 Å². The average Bonchev–Trinajstić information content (AvgIpc) is 3.32. The van der Waals surface area contributed by atoms with Crippen molar-refractivity contribution in [3.05, 3.63) is 71.5 Å². The lowest BCUT2D eigenvalue weighted by atomic mass is 9.81. The first-order valence-corrected chi connectivity index (χ1v) is 12.4. The maximum absolute atomic E-state index is 11.8. The van der Waals surface area contributed by atoms with Gasteiger partial charge in [-0.05, 0) is 68.5 Å². The molecule has 1 atom stereocenters. The van der Waals surface area contributed by atoms with E-state index in [1.807, 2.05) is 54.1 Å². The number of esters is 1. The highest BCUT2D eigenvalue weighted by molar-refractivity contribution is 5.89. The molecule has 1 aliphatic carbocycles.